The van der Waals surface area contributed by atoms with Crippen molar-refractivity contribution in [1.29, 1.82) is 0 Å². The number of nitrogens with zero attached hydrogens (tertiary/aromatic N) is 1. The zero-order chi connectivity index (χ0) is 11.3. The number of rotatable bonds is 5. The highest BCUT2D eigenvalue weighted by atomic mass is 16.1. The second kappa shape index (κ2) is 5.31. The van der Waals surface area contributed by atoms with Gasteiger partial charge in [0.2, 0.25) is 5.91 Å². The first-order valence-corrected chi connectivity index (χ1v) is 4.85. The number of nitrogens with one attached hydrogen (secondary N) is 1. The van der Waals surface area contributed by atoms with Crippen molar-refractivity contribution in [2.24, 2.45) is 11.5 Å². The van der Waals surface area contributed by atoms with Gasteiger partial charge >= 0.3 is 0 Å². The van der Waals surface area contributed by atoms with E-state index in [1.165, 1.54) is 6.20 Å². The fraction of sp³-hybridized carbons (Fsp3) is 0.400. The molecule has 1 aromatic heterocycles. The summed E-state index contributed by atoms with van der Waals surface area (Å²) in [4.78, 5) is 14.8. The molecule has 0 aliphatic heterocycles. The zero-order valence-electron chi connectivity index (χ0n) is 8.73. The lowest BCUT2D eigenvalue weighted by Gasteiger charge is -2.07. The largest absolute Gasteiger partial charge is 0.370 e. The molecule has 5 heteroatoms. The zero-order valence-corrected chi connectivity index (χ0v) is 8.73. The monoisotopic (exact) mass is 208 g/mol. The third-order valence-electron chi connectivity index (χ3n) is 1.95. The van der Waals surface area contributed by atoms with Crippen molar-refractivity contribution in [3.8, 4) is 0 Å². The Bertz CT molecular complexity index is 321. The van der Waals surface area contributed by atoms with Crippen molar-refractivity contribution in [2.75, 3.05) is 11.9 Å². The van der Waals surface area contributed by atoms with Crippen molar-refractivity contribution in [1.82, 2.24) is 4.98 Å². The van der Waals surface area contributed by atoms with Gasteiger partial charge in [0.05, 0.1) is 5.56 Å². The molecule has 0 aliphatic rings. The number of primary amides is 1. The number of nitrogens with two attached hydrogens (primary N) is 2. The van der Waals surface area contributed by atoms with Crippen molar-refractivity contribution < 1.29 is 4.79 Å². The van der Waals surface area contributed by atoms with Crippen LogP contribution in [0.25, 0.3) is 0 Å². The van der Waals surface area contributed by atoms with Crippen LogP contribution in [0, 0.1) is 0 Å². The molecule has 1 rings (SSSR count). The minimum Gasteiger partial charge on any atom is -0.370 e. The van der Waals surface area contributed by atoms with E-state index in [0.717, 1.165) is 18.8 Å². The van der Waals surface area contributed by atoms with Crippen LogP contribution >= 0.6 is 0 Å². The molecule has 5 nitrogen and oxygen atoms in total. The smallest absolute Gasteiger partial charge is 0.250 e. The average Bonchev–Trinajstić information content (AvgIpc) is 2.18. The van der Waals surface area contributed by atoms with Crippen LogP contribution in [0.4, 0.5) is 5.82 Å². The normalized spacial score (nSPS) is 12.1. The topological polar surface area (TPSA) is 94.0 Å². The average molecular weight is 208 g/mol. The summed E-state index contributed by atoms with van der Waals surface area (Å²) in [5, 5.41) is 3.10. The first kappa shape index (κ1) is 11.5. The summed E-state index contributed by atoms with van der Waals surface area (Å²) in [6.45, 7) is 2.71. The molecule has 1 atom stereocenters. The number of amides is 1. The number of pyridine rings is 1. The maximum atomic E-state index is 10.8. The van der Waals surface area contributed by atoms with Crippen LogP contribution in [-0.2, 0) is 0 Å². The van der Waals surface area contributed by atoms with Gasteiger partial charge in [-0.2, -0.15) is 0 Å². The van der Waals surface area contributed by atoms with Gasteiger partial charge in [-0.25, -0.2) is 4.98 Å². The molecule has 0 fully saturated rings. The maximum absolute atomic E-state index is 10.8. The fourth-order valence-corrected chi connectivity index (χ4v) is 1.07. The second-order valence-electron chi connectivity index (χ2n) is 3.49. The summed E-state index contributed by atoms with van der Waals surface area (Å²) >= 11 is 0. The number of hydrogen-bond donors (Lipinski definition) is 3. The van der Waals surface area contributed by atoms with Crippen LogP contribution in [0.3, 0.4) is 0 Å². The molecule has 1 aromatic rings. The van der Waals surface area contributed by atoms with Crippen LogP contribution < -0.4 is 16.8 Å². The van der Waals surface area contributed by atoms with Gasteiger partial charge in [-0.1, -0.05) is 0 Å². The molecule has 0 aromatic carbocycles. The van der Waals surface area contributed by atoms with E-state index in [2.05, 4.69) is 10.3 Å². The molecule has 1 heterocycles. The van der Waals surface area contributed by atoms with Gasteiger partial charge in [0.1, 0.15) is 5.82 Å². The first-order valence-electron chi connectivity index (χ1n) is 4.85. The predicted molar refractivity (Wildman–Crippen MR) is 59.5 cm³/mol. The molecule has 1 amide bonds. The SMILES string of the molecule is CC(N)CCNc1ccc(C(N)=O)cn1. The number of carbonyl (C=O) groups is 1. The Balaban J connectivity index is 2.46. The summed E-state index contributed by atoms with van der Waals surface area (Å²) in [7, 11) is 0. The molecule has 0 saturated carbocycles. The number of aromatic nitrogens is 1. The Morgan fingerprint density at radius 3 is 2.80 bits per heavy atom. The van der Waals surface area contributed by atoms with Gasteiger partial charge in [-0.15, -0.1) is 0 Å². The Hall–Kier alpha value is -1.62. The van der Waals surface area contributed by atoms with Crippen molar-refractivity contribution in [3.63, 3.8) is 0 Å². The lowest BCUT2D eigenvalue weighted by Crippen LogP contribution is -2.19. The third kappa shape index (κ3) is 3.95. The van der Waals surface area contributed by atoms with Crippen LogP contribution in [0.5, 0.6) is 0 Å². The molecule has 5 N–H and O–H groups in total. The molecule has 1 unspecified atom stereocenters. The standard InChI is InChI=1S/C10H16N4O/c1-7(11)4-5-13-9-3-2-8(6-14-9)10(12)15/h2-3,6-7H,4-5,11H2,1H3,(H2,12,15)(H,13,14). The molecular formula is C10H16N4O. The molecule has 82 valence electrons. The Kier molecular flexibility index (Phi) is 4.05. The lowest BCUT2D eigenvalue weighted by molar-refractivity contribution is 0.1000. The molecule has 0 saturated heterocycles. The summed E-state index contributed by atoms with van der Waals surface area (Å²) in [5.74, 6) is 0.255. The van der Waals surface area contributed by atoms with Crippen LogP contribution in [0.2, 0.25) is 0 Å². The number of anilines is 1. The van der Waals surface area contributed by atoms with Gasteiger partial charge in [-0.05, 0) is 25.5 Å². The van der Waals surface area contributed by atoms with Crippen LogP contribution in [0.1, 0.15) is 23.7 Å². The highest BCUT2D eigenvalue weighted by molar-refractivity contribution is 5.92. The fourth-order valence-electron chi connectivity index (χ4n) is 1.07. The quantitative estimate of drug-likeness (QED) is 0.650. The highest BCUT2D eigenvalue weighted by Crippen LogP contribution is 2.04. The van der Waals surface area contributed by atoms with Gasteiger partial charge in [0.15, 0.2) is 0 Å². The summed E-state index contributed by atoms with van der Waals surface area (Å²) in [6, 6.07) is 3.53. The van der Waals surface area contributed by atoms with Crippen molar-refractivity contribution in [3.05, 3.63) is 23.9 Å². The minimum absolute atomic E-state index is 0.169. The summed E-state index contributed by atoms with van der Waals surface area (Å²) in [5.41, 5.74) is 11.1. The third-order valence-corrected chi connectivity index (χ3v) is 1.95. The second-order valence-corrected chi connectivity index (χ2v) is 3.49. The van der Waals surface area contributed by atoms with Crippen molar-refractivity contribution in [2.45, 2.75) is 19.4 Å². The molecule has 15 heavy (non-hydrogen) atoms. The number of hydrogen-bond acceptors (Lipinski definition) is 4. The van der Waals surface area contributed by atoms with E-state index in [9.17, 15) is 4.79 Å². The van der Waals surface area contributed by atoms with E-state index in [4.69, 9.17) is 11.5 Å². The van der Waals surface area contributed by atoms with Crippen LogP contribution in [-0.4, -0.2) is 23.5 Å². The Labute approximate surface area is 88.9 Å². The van der Waals surface area contributed by atoms with Gasteiger partial charge in [0.25, 0.3) is 0 Å². The van der Waals surface area contributed by atoms with E-state index in [1.54, 1.807) is 12.1 Å². The Morgan fingerprint density at radius 1 is 1.60 bits per heavy atom. The summed E-state index contributed by atoms with van der Waals surface area (Å²) in [6.07, 6.45) is 2.33. The molecule has 0 spiro atoms. The lowest BCUT2D eigenvalue weighted by atomic mass is 10.2. The predicted octanol–water partition coefficient (Wildman–Crippen LogP) is 0.330. The van der Waals surface area contributed by atoms with Gasteiger partial charge < -0.3 is 16.8 Å². The van der Waals surface area contributed by atoms with E-state index in [-0.39, 0.29) is 6.04 Å². The van der Waals surface area contributed by atoms with Gasteiger partial charge in [-0.3, -0.25) is 4.79 Å². The van der Waals surface area contributed by atoms with E-state index < -0.39 is 5.91 Å². The highest BCUT2D eigenvalue weighted by Gasteiger charge is 2.00. The van der Waals surface area contributed by atoms with Crippen molar-refractivity contribution >= 4 is 11.7 Å². The molecule has 0 bridgehead atoms. The van der Waals surface area contributed by atoms with Crippen LogP contribution in [0.15, 0.2) is 18.3 Å². The van der Waals surface area contributed by atoms with E-state index >= 15 is 0 Å². The minimum atomic E-state index is -0.468. The summed E-state index contributed by atoms with van der Waals surface area (Å²) < 4.78 is 0. The molecule has 0 radical (unpaired) electrons. The molecular weight excluding hydrogens is 192 g/mol. The Morgan fingerprint density at radius 2 is 2.33 bits per heavy atom. The first-order chi connectivity index (χ1) is 7.09. The van der Waals surface area contributed by atoms with E-state index in [1.807, 2.05) is 6.92 Å². The van der Waals surface area contributed by atoms with Gasteiger partial charge in [0, 0.05) is 18.8 Å². The van der Waals surface area contributed by atoms with E-state index in [0.29, 0.717) is 5.56 Å². The maximum Gasteiger partial charge on any atom is 0.250 e. The number of carbonyl (C=O) groups excluding carboxylic acids is 1. The molecule has 0 aliphatic carbocycles.